The largest absolute Gasteiger partial charge is 0.404 e. The van der Waals surface area contributed by atoms with Crippen molar-refractivity contribution >= 4 is 0 Å². The Morgan fingerprint density at radius 1 is 1.22 bits per heavy atom. The summed E-state index contributed by atoms with van der Waals surface area (Å²) in [7, 11) is 1.83. The van der Waals surface area contributed by atoms with Crippen molar-refractivity contribution in [2.24, 2.45) is 7.05 Å². The standard InChI is InChI=1S/C16H21F3N4/c1-11-14(12(2)23(3)22-11)6-9-21-15(16(17,18)19)10-13-4-7-20-8-5-13/h4-5,7-8,15,21H,6,9-10H2,1-3H3/t15-/m0/s1. The molecule has 0 spiro atoms. The third-order valence-corrected chi connectivity index (χ3v) is 4.01. The van der Waals surface area contributed by atoms with Crippen molar-refractivity contribution in [2.75, 3.05) is 6.54 Å². The molecule has 7 heteroatoms. The zero-order chi connectivity index (χ0) is 17.0. The van der Waals surface area contributed by atoms with Crippen molar-refractivity contribution in [1.82, 2.24) is 20.1 Å². The maximum atomic E-state index is 13.2. The molecule has 4 nitrogen and oxygen atoms in total. The van der Waals surface area contributed by atoms with E-state index in [4.69, 9.17) is 0 Å². The van der Waals surface area contributed by atoms with Crippen LogP contribution in [0.5, 0.6) is 0 Å². The van der Waals surface area contributed by atoms with Crippen LogP contribution >= 0.6 is 0 Å². The monoisotopic (exact) mass is 326 g/mol. The minimum atomic E-state index is -4.29. The molecule has 0 unspecified atom stereocenters. The lowest BCUT2D eigenvalue weighted by Crippen LogP contribution is -2.44. The lowest BCUT2D eigenvalue weighted by atomic mass is 10.1. The molecule has 0 saturated heterocycles. The molecule has 2 heterocycles. The van der Waals surface area contributed by atoms with Crippen molar-refractivity contribution in [3.05, 3.63) is 47.0 Å². The van der Waals surface area contributed by atoms with E-state index < -0.39 is 12.2 Å². The van der Waals surface area contributed by atoms with Crippen LogP contribution in [0.2, 0.25) is 0 Å². The Kier molecular flexibility index (Phi) is 5.41. The third-order valence-electron chi connectivity index (χ3n) is 4.01. The molecule has 1 atom stereocenters. The zero-order valence-corrected chi connectivity index (χ0v) is 13.5. The van der Waals surface area contributed by atoms with E-state index in [1.807, 2.05) is 20.9 Å². The number of halogens is 3. The van der Waals surface area contributed by atoms with Crippen molar-refractivity contribution in [3.8, 4) is 0 Å². The van der Waals surface area contributed by atoms with Gasteiger partial charge in [0.15, 0.2) is 0 Å². The number of pyridine rings is 1. The highest BCUT2D eigenvalue weighted by molar-refractivity contribution is 5.24. The van der Waals surface area contributed by atoms with Crippen molar-refractivity contribution in [1.29, 1.82) is 0 Å². The summed E-state index contributed by atoms with van der Waals surface area (Å²) in [4.78, 5) is 3.83. The highest BCUT2D eigenvalue weighted by Gasteiger charge is 2.39. The van der Waals surface area contributed by atoms with Gasteiger partial charge in [0.05, 0.1) is 5.69 Å². The fourth-order valence-corrected chi connectivity index (χ4v) is 2.61. The molecule has 0 saturated carbocycles. The van der Waals surface area contributed by atoms with Gasteiger partial charge in [0, 0.05) is 25.1 Å². The number of alkyl halides is 3. The number of nitrogens with one attached hydrogen (secondary N) is 1. The second-order valence-corrected chi connectivity index (χ2v) is 5.63. The number of hydrogen-bond donors (Lipinski definition) is 1. The predicted octanol–water partition coefficient (Wildman–Crippen LogP) is 2.74. The van der Waals surface area contributed by atoms with Crippen molar-refractivity contribution in [3.63, 3.8) is 0 Å². The van der Waals surface area contributed by atoms with Gasteiger partial charge in [-0.15, -0.1) is 0 Å². The number of aryl methyl sites for hydroxylation is 2. The number of aromatic nitrogens is 3. The summed E-state index contributed by atoms with van der Waals surface area (Å²) in [5.41, 5.74) is 3.47. The molecule has 0 aliphatic carbocycles. The summed E-state index contributed by atoms with van der Waals surface area (Å²) in [6.07, 6.45) is -0.857. The quantitative estimate of drug-likeness (QED) is 0.888. The molecule has 2 aromatic rings. The maximum Gasteiger partial charge on any atom is 0.404 e. The minimum absolute atomic E-state index is 0.100. The fourth-order valence-electron chi connectivity index (χ4n) is 2.61. The molecule has 0 aliphatic rings. The van der Waals surface area contributed by atoms with Crippen LogP contribution in [0.3, 0.4) is 0 Å². The predicted molar refractivity (Wildman–Crippen MR) is 82.2 cm³/mol. The minimum Gasteiger partial charge on any atom is -0.306 e. The Bertz CT molecular complexity index is 635. The van der Waals surface area contributed by atoms with Gasteiger partial charge >= 0.3 is 6.18 Å². The van der Waals surface area contributed by atoms with E-state index in [0.29, 0.717) is 12.0 Å². The van der Waals surface area contributed by atoms with Crippen LogP contribution in [0, 0.1) is 13.8 Å². The molecule has 0 fully saturated rings. The van der Waals surface area contributed by atoms with Crippen LogP contribution < -0.4 is 5.32 Å². The highest BCUT2D eigenvalue weighted by Crippen LogP contribution is 2.23. The summed E-state index contributed by atoms with van der Waals surface area (Å²) in [5, 5.41) is 6.92. The molecule has 23 heavy (non-hydrogen) atoms. The van der Waals surface area contributed by atoms with Crippen molar-refractivity contribution < 1.29 is 13.2 Å². The molecular weight excluding hydrogens is 305 g/mol. The second kappa shape index (κ2) is 7.12. The van der Waals surface area contributed by atoms with Crippen LogP contribution in [0.25, 0.3) is 0 Å². The number of hydrogen-bond acceptors (Lipinski definition) is 3. The van der Waals surface area contributed by atoms with E-state index in [2.05, 4.69) is 15.4 Å². The molecule has 126 valence electrons. The van der Waals surface area contributed by atoms with Gasteiger partial charge in [0.2, 0.25) is 0 Å². The number of nitrogens with zero attached hydrogens (tertiary/aromatic N) is 3. The first-order valence-electron chi connectivity index (χ1n) is 7.47. The average molecular weight is 326 g/mol. The second-order valence-electron chi connectivity index (χ2n) is 5.63. The molecule has 0 aliphatic heterocycles. The molecular formula is C16H21F3N4. The summed E-state index contributed by atoms with van der Waals surface area (Å²) in [6, 6.07) is 1.65. The summed E-state index contributed by atoms with van der Waals surface area (Å²) < 4.78 is 41.4. The van der Waals surface area contributed by atoms with Crippen molar-refractivity contribution in [2.45, 2.75) is 38.9 Å². The Hall–Kier alpha value is -1.89. The van der Waals surface area contributed by atoms with E-state index in [9.17, 15) is 13.2 Å². The first-order valence-corrected chi connectivity index (χ1v) is 7.47. The van der Waals surface area contributed by atoms with Crippen LogP contribution in [-0.4, -0.2) is 33.5 Å². The van der Waals surface area contributed by atoms with Gasteiger partial charge in [-0.05, 0) is 56.5 Å². The molecule has 0 bridgehead atoms. The van der Waals surface area contributed by atoms with E-state index in [0.717, 1.165) is 17.0 Å². The van der Waals surface area contributed by atoms with E-state index in [1.54, 1.807) is 16.8 Å². The van der Waals surface area contributed by atoms with Gasteiger partial charge in [-0.2, -0.15) is 18.3 Å². The van der Waals surface area contributed by atoms with Gasteiger partial charge in [-0.3, -0.25) is 9.67 Å². The summed E-state index contributed by atoms with van der Waals surface area (Å²) in [5.74, 6) is 0. The molecule has 0 aromatic carbocycles. The summed E-state index contributed by atoms with van der Waals surface area (Å²) in [6.45, 7) is 4.05. The molecule has 2 rings (SSSR count). The molecule has 2 aromatic heterocycles. The van der Waals surface area contributed by atoms with E-state index in [1.165, 1.54) is 12.4 Å². The first-order chi connectivity index (χ1) is 10.8. The van der Waals surface area contributed by atoms with Crippen LogP contribution in [0.15, 0.2) is 24.5 Å². The normalized spacial score (nSPS) is 13.3. The van der Waals surface area contributed by atoms with E-state index in [-0.39, 0.29) is 13.0 Å². The third kappa shape index (κ3) is 4.54. The molecule has 0 radical (unpaired) electrons. The van der Waals surface area contributed by atoms with Crippen LogP contribution in [-0.2, 0) is 19.9 Å². The molecule has 0 amide bonds. The first kappa shape index (κ1) is 17.5. The van der Waals surface area contributed by atoms with Gasteiger partial charge in [-0.25, -0.2) is 0 Å². The van der Waals surface area contributed by atoms with Gasteiger partial charge < -0.3 is 5.32 Å². The van der Waals surface area contributed by atoms with Crippen LogP contribution in [0.4, 0.5) is 13.2 Å². The lowest BCUT2D eigenvalue weighted by molar-refractivity contribution is -0.155. The topological polar surface area (TPSA) is 42.7 Å². The number of rotatable bonds is 6. The smallest absolute Gasteiger partial charge is 0.306 e. The maximum absolute atomic E-state index is 13.2. The zero-order valence-electron chi connectivity index (χ0n) is 13.5. The Morgan fingerprint density at radius 2 is 1.87 bits per heavy atom. The Labute approximate surface area is 133 Å². The Morgan fingerprint density at radius 3 is 2.39 bits per heavy atom. The fraction of sp³-hybridized carbons (Fsp3) is 0.500. The van der Waals surface area contributed by atoms with E-state index >= 15 is 0 Å². The molecule has 1 N–H and O–H groups in total. The highest BCUT2D eigenvalue weighted by atomic mass is 19.4. The SMILES string of the molecule is Cc1nn(C)c(C)c1CCN[C@@H](Cc1ccncc1)C(F)(F)F. The van der Waals surface area contributed by atoms with Crippen LogP contribution in [0.1, 0.15) is 22.5 Å². The summed E-state index contributed by atoms with van der Waals surface area (Å²) >= 11 is 0. The lowest BCUT2D eigenvalue weighted by Gasteiger charge is -2.22. The Balaban J connectivity index is 1.99. The van der Waals surface area contributed by atoms with Gasteiger partial charge in [0.1, 0.15) is 6.04 Å². The average Bonchev–Trinajstić information content (AvgIpc) is 2.72. The van der Waals surface area contributed by atoms with Gasteiger partial charge in [0.25, 0.3) is 0 Å². The van der Waals surface area contributed by atoms with Gasteiger partial charge in [-0.1, -0.05) is 0 Å².